The Hall–Kier alpha value is -1.33. The molecule has 1 fully saturated rings. The molecule has 1 saturated carbocycles. The number of H-pyrrole nitrogens is 1. The van der Waals surface area contributed by atoms with Crippen molar-refractivity contribution >= 4 is 5.97 Å². The Morgan fingerprint density at radius 3 is 3.00 bits per heavy atom. The molecule has 1 aliphatic carbocycles. The van der Waals surface area contributed by atoms with Gasteiger partial charge in [-0.15, -0.1) is 0 Å². The number of likely N-dealkylation sites (N-methyl/N-ethyl adjacent to an activating group) is 1. The van der Waals surface area contributed by atoms with Gasteiger partial charge in [0.05, 0.1) is 7.11 Å². The monoisotopic (exact) mass is 251 g/mol. The SMILES string of the molecule is COC(=O)c1ccc(CNCCN(C)C2CC2)[nH]1. The van der Waals surface area contributed by atoms with Crippen LogP contribution in [0.5, 0.6) is 0 Å². The Morgan fingerprint density at radius 2 is 2.33 bits per heavy atom. The van der Waals surface area contributed by atoms with Gasteiger partial charge >= 0.3 is 5.97 Å². The van der Waals surface area contributed by atoms with E-state index in [0.29, 0.717) is 5.69 Å². The van der Waals surface area contributed by atoms with E-state index in [-0.39, 0.29) is 5.97 Å². The molecule has 0 amide bonds. The van der Waals surface area contributed by atoms with E-state index in [1.807, 2.05) is 6.07 Å². The van der Waals surface area contributed by atoms with Crippen molar-refractivity contribution in [3.8, 4) is 0 Å². The van der Waals surface area contributed by atoms with Crippen molar-refractivity contribution in [3.63, 3.8) is 0 Å². The quantitative estimate of drug-likeness (QED) is 0.560. The van der Waals surface area contributed by atoms with Crippen LogP contribution in [0.25, 0.3) is 0 Å². The van der Waals surface area contributed by atoms with Crippen LogP contribution in [0.15, 0.2) is 12.1 Å². The molecular weight excluding hydrogens is 230 g/mol. The highest BCUT2D eigenvalue weighted by Gasteiger charge is 2.25. The molecule has 2 rings (SSSR count). The van der Waals surface area contributed by atoms with E-state index in [1.54, 1.807) is 6.07 Å². The number of esters is 1. The van der Waals surface area contributed by atoms with Gasteiger partial charge in [0, 0.05) is 31.4 Å². The Morgan fingerprint density at radius 1 is 1.56 bits per heavy atom. The van der Waals surface area contributed by atoms with Gasteiger partial charge in [-0.2, -0.15) is 0 Å². The maximum Gasteiger partial charge on any atom is 0.354 e. The number of nitrogens with zero attached hydrogens (tertiary/aromatic N) is 1. The van der Waals surface area contributed by atoms with E-state index in [4.69, 9.17) is 0 Å². The number of carbonyl (C=O) groups is 1. The highest BCUT2D eigenvalue weighted by molar-refractivity contribution is 5.87. The number of hydrogen-bond donors (Lipinski definition) is 2. The van der Waals surface area contributed by atoms with Crippen LogP contribution in [0.4, 0.5) is 0 Å². The predicted octanol–water partition coefficient (Wildman–Crippen LogP) is 0.985. The average Bonchev–Trinajstić information content (AvgIpc) is 3.13. The molecule has 2 N–H and O–H groups in total. The van der Waals surface area contributed by atoms with Crippen LogP contribution < -0.4 is 5.32 Å². The summed E-state index contributed by atoms with van der Waals surface area (Å²) < 4.78 is 4.64. The second-order valence-electron chi connectivity index (χ2n) is 4.78. The molecule has 0 aliphatic heterocycles. The van der Waals surface area contributed by atoms with Crippen molar-refractivity contribution in [3.05, 3.63) is 23.5 Å². The van der Waals surface area contributed by atoms with Gasteiger partial charge in [0.25, 0.3) is 0 Å². The van der Waals surface area contributed by atoms with Crippen LogP contribution in [0.3, 0.4) is 0 Å². The molecule has 5 heteroatoms. The van der Waals surface area contributed by atoms with Crippen molar-refractivity contribution in [2.75, 3.05) is 27.2 Å². The smallest absolute Gasteiger partial charge is 0.354 e. The van der Waals surface area contributed by atoms with Gasteiger partial charge in [-0.3, -0.25) is 0 Å². The minimum absolute atomic E-state index is 0.324. The number of carbonyl (C=O) groups excluding carboxylic acids is 1. The summed E-state index contributed by atoms with van der Waals surface area (Å²) in [6.07, 6.45) is 2.69. The number of ether oxygens (including phenoxy) is 1. The third-order valence-corrected chi connectivity index (χ3v) is 3.28. The summed E-state index contributed by atoms with van der Waals surface area (Å²) >= 11 is 0. The largest absolute Gasteiger partial charge is 0.464 e. The zero-order valence-corrected chi connectivity index (χ0v) is 11.0. The van der Waals surface area contributed by atoms with Crippen LogP contribution in [-0.4, -0.2) is 49.1 Å². The number of aromatic nitrogens is 1. The maximum absolute atomic E-state index is 11.2. The fraction of sp³-hybridized carbons (Fsp3) is 0.615. The van der Waals surface area contributed by atoms with Gasteiger partial charge in [-0.25, -0.2) is 4.79 Å². The second-order valence-corrected chi connectivity index (χ2v) is 4.78. The Kier molecular flexibility index (Phi) is 4.38. The van der Waals surface area contributed by atoms with Crippen molar-refractivity contribution < 1.29 is 9.53 Å². The topological polar surface area (TPSA) is 57.4 Å². The third kappa shape index (κ3) is 3.58. The standard InChI is InChI=1S/C13H21N3O2/c1-16(11-4-5-11)8-7-14-9-10-3-6-12(15-10)13(17)18-2/h3,6,11,14-15H,4-5,7-9H2,1-2H3. The molecule has 0 spiro atoms. The lowest BCUT2D eigenvalue weighted by Crippen LogP contribution is -2.30. The molecule has 100 valence electrons. The zero-order valence-electron chi connectivity index (χ0n) is 11.0. The zero-order chi connectivity index (χ0) is 13.0. The molecule has 1 aromatic rings. The lowest BCUT2D eigenvalue weighted by molar-refractivity contribution is 0.0594. The minimum Gasteiger partial charge on any atom is -0.464 e. The summed E-state index contributed by atoms with van der Waals surface area (Å²) in [5, 5.41) is 3.36. The predicted molar refractivity (Wildman–Crippen MR) is 69.5 cm³/mol. The molecule has 0 aromatic carbocycles. The van der Waals surface area contributed by atoms with Crippen LogP contribution in [0.2, 0.25) is 0 Å². The van der Waals surface area contributed by atoms with Gasteiger partial charge in [-0.1, -0.05) is 0 Å². The first-order chi connectivity index (χ1) is 8.70. The fourth-order valence-electron chi connectivity index (χ4n) is 1.95. The van der Waals surface area contributed by atoms with Gasteiger partial charge in [0.15, 0.2) is 0 Å². The van der Waals surface area contributed by atoms with Crippen LogP contribution >= 0.6 is 0 Å². The number of hydrogen-bond acceptors (Lipinski definition) is 4. The summed E-state index contributed by atoms with van der Waals surface area (Å²) in [5.74, 6) is -0.324. The first-order valence-corrected chi connectivity index (χ1v) is 6.38. The van der Waals surface area contributed by atoms with E-state index in [2.05, 4.69) is 27.0 Å². The molecule has 0 saturated heterocycles. The number of methoxy groups -OCH3 is 1. The highest BCUT2D eigenvalue weighted by atomic mass is 16.5. The molecule has 1 aliphatic rings. The van der Waals surface area contributed by atoms with Crippen molar-refractivity contribution in [1.29, 1.82) is 0 Å². The molecular formula is C13H21N3O2. The normalized spacial score (nSPS) is 15.1. The van der Waals surface area contributed by atoms with Crippen molar-refractivity contribution in [2.45, 2.75) is 25.4 Å². The summed E-state index contributed by atoms with van der Waals surface area (Å²) in [6, 6.07) is 4.46. The molecule has 5 nitrogen and oxygen atoms in total. The Labute approximate surface area is 108 Å². The summed E-state index contributed by atoms with van der Waals surface area (Å²) in [7, 11) is 3.55. The highest BCUT2D eigenvalue weighted by Crippen LogP contribution is 2.24. The van der Waals surface area contributed by atoms with Crippen molar-refractivity contribution in [2.24, 2.45) is 0 Å². The molecule has 0 radical (unpaired) electrons. The van der Waals surface area contributed by atoms with Gasteiger partial charge in [-0.05, 0) is 32.0 Å². The van der Waals surface area contributed by atoms with Crippen LogP contribution in [0.1, 0.15) is 29.0 Å². The molecule has 0 atom stereocenters. The molecule has 18 heavy (non-hydrogen) atoms. The lowest BCUT2D eigenvalue weighted by Gasteiger charge is -2.15. The van der Waals surface area contributed by atoms with E-state index >= 15 is 0 Å². The number of nitrogens with one attached hydrogen (secondary N) is 2. The number of aromatic amines is 1. The number of rotatable bonds is 7. The van der Waals surface area contributed by atoms with E-state index in [0.717, 1.165) is 31.4 Å². The van der Waals surface area contributed by atoms with Gasteiger partial charge < -0.3 is 19.9 Å². The lowest BCUT2D eigenvalue weighted by atomic mass is 10.4. The average molecular weight is 251 g/mol. The Balaban J connectivity index is 1.66. The summed E-state index contributed by atoms with van der Waals surface area (Å²) in [6.45, 7) is 2.77. The molecule has 0 bridgehead atoms. The minimum atomic E-state index is -0.324. The van der Waals surface area contributed by atoms with Crippen molar-refractivity contribution in [1.82, 2.24) is 15.2 Å². The molecule has 1 heterocycles. The van der Waals surface area contributed by atoms with E-state index < -0.39 is 0 Å². The molecule has 1 aromatic heterocycles. The maximum atomic E-state index is 11.2. The van der Waals surface area contributed by atoms with Gasteiger partial charge in [0.2, 0.25) is 0 Å². The van der Waals surface area contributed by atoms with E-state index in [1.165, 1.54) is 20.0 Å². The Bertz CT molecular complexity index is 399. The van der Waals surface area contributed by atoms with Crippen LogP contribution in [0, 0.1) is 0 Å². The third-order valence-electron chi connectivity index (χ3n) is 3.28. The second kappa shape index (κ2) is 6.02. The fourth-order valence-corrected chi connectivity index (χ4v) is 1.95. The summed E-state index contributed by atoms with van der Waals surface area (Å²) in [5.41, 5.74) is 1.51. The van der Waals surface area contributed by atoms with Gasteiger partial charge in [0.1, 0.15) is 5.69 Å². The summed E-state index contributed by atoms with van der Waals surface area (Å²) in [4.78, 5) is 16.7. The van der Waals surface area contributed by atoms with E-state index in [9.17, 15) is 4.79 Å². The van der Waals surface area contributed by atoms with Crippen LogP contribution in [-0.2, 0) is 11.3 Å². The first kappa shape index (κ1) is 13.1. The molecule has 0 unspecified atom stereocenters. The first-order valence-electron chi connectivity index (χ1n) is 6.38.